The first-order valence-corrected chi connectivity index (χ1v) is 9.15. The molecule has 2 heterocycles. The number of hydrogen-bond donors (Lipinski definition) is 2. The van der Waals surface area contributed by atoms with Gasteiger partial charge < -0.3 is 19.9 Å². The number of nitrogens with zero attached hydrogens (tertiary/aromatic N) is 1. The van der Waals surface area contributed by atoms with E-state index in [9.17, 15) is 14.4 Å². The van der Waals surface area contributed by atoms with Gasteiger partial charge in [-0.2, -0.15) is 0 Å². The Morgan fingerprint density at radius 3 is 2.56 bits per heavy atom. The summed E-state index contributed by atoms with van der Waals surface area (Å²) in [5.41, 5.74) is 2.23. The highest BCUT2D eigenvalue weighted by molar-refractivity contribution is 6.06. The summed E-state index contributed by atoms with van der Waals surface area (Å²) in [6.45, 7) is 3.09. The minimum absolute atomic E-state index is 0.0311. The van der Waals surface area contributed by atoms with Crippen molar-refractivity contribution in [1.82, 2.24) is 4.98 Å². The molecule has 1 aliphatic carbocycles. The van der Waals surface area contributed by atoms with Gasteiger partial charge in [-0.25, -0.2) is 0 Å². The third-order valence-corrected chi connectivity index (χ3v) is 5.00. The van der Waals surface area contributed by atoms with Crippen LogP contribution in [0, 0.1) is 0 Å². The van der Waals surface area contributed by atoms with Gasteiger partial charge in [-0.15, -0.1) is 0 Å². The van der Waals surface area contributed by atoms with Crippen LogP contribution in [0.4, 0.5) is 11.4 Å². The van der Waals surface area contributed by atoms with Gasteiger partial charge in [-0.05, 0) is 43.2 Å². The zero-order valence-electron chi connectivity index (χ0n) is 14.9. The van der Waals surface area contributed by atoms with E-state index < -0.39 is 11.5 Å². The second kappa shape index (κ2) is 7.36. The van der Waals surface area contributed by atoms with Gasteiger partial charge in [0.1, 0.15) is 5.56 Å². The van der Waals surface area contributed by atoms with Crippen LogP contribution in [0.1, 0.15) is 39.3 Å². The molecular weight excluding hydrogens is 346 g/mol. The van der Waals surface area contributed by atoms with Crippen molar-refractivity contribution < 1.29 is 14.3 Å². The van der Waals surface area contributed by atoms with Crippen LogP contribution in [-0.2, 0) is 11.2 Å². The van der Waals surface area contributed by atoms with Crippen molar-refractivity contribution in [2.75, 3.05) is 36.5 Å². The Kier molecular flexibility index (Phi) is 4.77. The van der Waals surface area contributed by atoms with Gasteiger partial charge >= 0.3 is 0 Å². The first-order valence-electron chi connectivity index (χ1n) is 9.15. The number of ether oxygens (including phenoxy) is 1. The first kappa shape index (κ1) is 17.5. The van der Waals surface area contributed by atoms with Crippen molar-refractivity contribution in [2.24, 2.45) is 0 Å². The molecule has 1 aromatic carbocycles. The number of nitrogens with one attached hydrogen (secondary N) is 2. The molecule has 0 radical (unpaired) electrons. The highest BCUT2D eigenvalue weighted by Gasteiger charge is 2.22. The van der Waals surface area contributed by atoms with Crippen molar-refractivity contribution in [3.05, 3.63) is 57.5 Å². The summed E-state index contributed by atoms with van der Waals surface area (Å²) in [6.07, 6.45) is 1.83. The standard InChI is InChI=1S/C20H21N3O4/c24-18-3-1-2-17-15(18)12-16(20(26)22-17)19(25)21-13-4-6-14(7-5-13)23-8-10-27-11-9-23/h4-7,12H,1-3,8-11H2,(H,21,25)(H,22,26). The summed E-state index contributed by atoms with van der Waals surface area (Å²) in [4.78, 5) is 41.7. The second-order valence-corrected chi connectivity index (χ2v) is 6.78. The third-order valence-electron chi connectivity index (χ3n) is 5.00. The number of anilines is 2. The van der Waals surface area contributed by atoms with Gasteiger partial charge in [0.05, 0.1) is 13.2 Å². The van der Waals surface area contributed by atoms with Gasteiger partial charge in [0.25, 0.3) is 11.5 Å². The summed E-state index contributed by atoms with van der Waals surface area (Å²) in [6, 6.07) is 8.90. The molecule has 27 heavy (non-hydrogen) atoms. The summed E-state index contributed by atoms with van der Waals surface area (Å²) in [5, 5.41) is 2.74. The van der Waals surface area contributed by atoms with Crippen LogP contribution in [-0.4, -0.2) is 43.0 Å². The molecule has 1 amide bonds. The Bertz CT molecular complexity index is 927. The van der Waals surface area contributed by atoms with E-state index in [-0.39, 0.29) is 11.3 Å². The van der Waals surface area contributed by atoms with Gasteiger partial charge in [-0.1, -0.05) is 0 Å². The van der Waals surface area contributed by atoms with E-state index in [2.05, 4.69) is 15.2 Å². The number of ketones is 1. The second-order valence-electron chi connectivity index (χ2n) is 6.78. The first-order chi connectivity index (χ1) is 13.1. The number of aryl methyl sites for hydroxylation is 1. The van der Waals surface area contributed by atoms with Crippen LogP contribution in [0.15, 0.2) is 35.1 Å². The molecule has 1 aromatic heterocycles. The van der Waals surface area contributed by atoms with E-state index >= 15 is 0 Å². The highest BCUT2D eigenvalue weighted by atomic mass is 16.5. The average molecular weight is 367 g/mol. The number of aromatic amines is 1. The predicted octanol–water partition coefficient (Wildman–Crippen LogP) is 1.98. The number of Topliss-reactive ketones (excluding diaryl/α,β-unsaturated/α-hetero) is 1. The predicted molar refractivity (Wildman–Crippen MR) is 102 cm³/mol. The zero-order valence-corrected chi connectivity index (χ0v) is 14.9. The smallest absolute Gasteiger partial charge is 0.261 e. The molecule has 4 rings (SSSR count). The van der Waals surface area contributed by atoms with E-state index in [0.717, 1.165) is 25.2 Å². The third kappa shape index (κ3) is 3.64. The van der Waals surface area contributed by atoms with Gasteiger partial charge in [-0.3, -0.25) is 14.4 Å². The molecule has 140 valence electrons. The van der Waals surface area contributed by atoms with Crippen molar-refractivity contribution in [3.63, 3.8) is 0 Å². The summed E-state index contributed by atoms with van der Waals surface area (Å²) < 4.78 is 5.35. The molecule has 1 aliphatic heterocycles. The van der Waals surface area contributed by atoms with Crippen LogP contribution in [0.5, 0.6) is 0 Å². The summed E-state index contributed by atoms with van der Waals surface area (Å²) >= 11 is 0. The number of H-pyrrole nitrogens is 1. The minimum atomic E-state index is -0.517. The van der Waals surface area contributed by atoms with Crippen LogP contribution in [0.3, 0.4) is 0 Å². The lowest BCUT2D eigenvalue weighted by molar-refractivity contribution is 0.0971. The van der Waals surface area contributed by atoms with E-state index in [1.807, 2.05) is 12.1 Å². The molecule has 7 nitrogen and oxygen atoms in total. The van der Waals surface area contributed by atoms with Crippen LogP contribution < -0.4 is 15.8 Å². The lowest BCUT2D eigenvalue weighted by Gasteiger charge is -2.28. The monoisotopic (exact) mass is 367 g/mol. The van der Waals surface area contributed by atoms with Crippen molar-refractivity contribution in [1.29, 1.82) is 0 Å². The molecule has 0 spiro atoms. The number of carbonyl (C=O) groups is 2. The molecule has 2 N–H and O–H groups in total. The number of aromatic nitrogens is 1. The average Bonchev–Trinajstić information content (AvgIpc) is 2.69. The Balaban J connectivity index is 1.51. The fraction of sp³-hybridized carbons (Fsp3) is 0.350. The van der Waals surface area contributed by atoms with Crippen molar-refractivity contribution in [3.8, 4) is 0 Å². The minimum Gasteiger partial charge on any atom is -0.378 e. The topological polar surface area (TPSA) is 91.5 Å². The van der Waals surface area contributed by atoms with E-state index in [1.54, 1.807) is 12.1 Å². The molecular formula is C20H21N3O4. The quantitative estimate of drug-likeness (QED) is 0.866. The molecule has 0 unspecified atom stereocenters. The molecule has 0 atom stereocenters. The molecule has 1 fully saturated rings. The fourth-order valence-corrected chi connectivity index (χ4v) is 3.52. The maximum absolute atomic E-state index is 12.5. The fourth-order valence-electron chi connectivity index (χ4n) is 3.52. The number of fused-ring (bicyclic) bond motifs is 1. The molecule has 0 saturated carbocycles. The van der Waals surface area contributed by atoms with E-state index in [1.165, 1.54) is 6.07 Å². The maximum Gasteiger partial charge on any atom is 0.261 e. The van der Waals surface area contributed by atoms with Gasteiger partial charge in [0.2, 0.25) is 0 Å². The number of rotatable bonds is 3. The van der Waals surface area contributed by atoms with Gasteiger partial charge in [0.15, 0.2) is 5.78 Å². The zero-order chi connectivity index (χ0) is 18.8. The Hall–Kier alpha value is -2.93. The Morgan fingerprint density at radius 2 is 1.81 bits per heavy atom. The number of amides is 1. The summed E-state index contributed by atoms with van der Waals surface area (Å²) in [7, 11) is 0. The number of carbonyl (C=O) groups excluding carboxylic acids is 2. The van der Waals surface area contributed by atoms with Crippen LogP contribution >= 0.6 is 0 Å². The molecule has 2 aromatic rings. The van der Waals surface area contributed by atoms with Gasteiger partial charge in [0, 0.05) is 42.1 Å². The maximum atomic E-state index is 12.5. The highest BCUT2D eigenvalue weighted by Crippen LogP contribution is 2.21. The molecule has 7 heteroatoms. The lowest BCUT2D eigenvalue weighted by Crippen LogP contribution is -2.36. The number of hydrogen-bond acceptors (Lipinski definition) is 5. The molecule has 1 saturated heterocycles. The SMILES string of the molecule is O=C1CCCc2[nH]c(=O)c(C(=O)Nc3ccc(N4CCOCC4)cc3)cc21. The molecule has 2 aliphatic rings. The van der Waals surface area contributed by atoms with Crippen LogP contribution in [0.2, 0.25) is 0 Å². The van der Waals surface area contributed by atoms with Crippen LogP contribution in [0.25, 0.3) is 0 Å². The molecule has 0 bridgehead atoms. The number of pyridine rings is 1. The number of benzene rings is 1. The van der Waals surface area contributed by atoms with E-state index in [4.69, 9.17) is 4.74 Å². The van der Waals surface area contributed by atoms with E-state index in [0.29, 0.717) is 43.0 Å². The Labute approximate surface area is 156 Å². The number of morpholine rings is 1. The van der Waals surface area contributed by atoms with Crippen molar-refractivity contribution in [2.45, 2.75) is 19.3 Å². The normalized spacial score (nSPS) is 16.7. The lowest BCUT2D eigenvalue weighted by atomic mass is 9.93. The Morgan fingerprint density at radius 1 is 1.07 bits per heavy atom. The largest absolute Gasteiger partial charge is 0.378 e. The van der Waals surface area contributed by atoms with Crippen molar-refractivity contribution >= 4 is 23.1 Å². The summed E-state index contributed by atoms with van der Waals surface area (Å²) in [5.74, 6) is -0.548.